The average Bonchev–Trinajstić information content (AvgIpc) is 2.34. The number of piperazine rings is 1. The summed E-state index contributed by atoms with van der Waals surface area (Å²) in [5.41, 5.74) is 5.20. The summed E-state index contributed by atoms with van der Waals surface area (Å²) in [6.45, 7) is 3.22. The fraction of sp³-hybridized carbons (Fsp3) is 0.308. The van der Waals surface area contributed by atoms with Crippen molar-refractivity contribution < 1.29 is 19.5 Å². The van der Waals surface area contributed by atoms with Gasteiger partial charge in [-0.25, -0.2) is 4.79 Å². The Hall–Kier alpha value is -2.57. The van der Waals surface area contributed by atoms with Gasteiger partial charge in [-0.1, -0.05) is 6.07 Å². The first-order valence-electron chi connectivity index (χ1n) is 5.99. The van der Waals surface area contributed by atoms with Crippen LogP contribution in [0, 0.1) is 0 Å². The van der Waals surface area contributed by atoms with Crippen LogP contribution in [0.5, 0.6) is 0 Å². The van der Waals surface area contributed by atoms with E-state index in [0.717, 1.165) is 0 Å². The minimum Gasteiger partial charge on any atom is -0.478 e. The van der Waals surface area contributed by atoms with Crippen LogP contribution < -0.4 is 16.0 Å². The van der Waals surface area contributed by atoms with E-state index in [0.29, 0.717) is 5.69 Å². The molecule has 0 saturated carbocycles. The molecule has 2 amide bonds. The number of carbonyl (C=O) groups is 3. The highest BCUT2D eigenvalue weighted by Gasteiger charge is 2.41. The van der Waals surface area contributed by atoms with E-state index in [1.807, 2.05) is 0 Å². The topological polar surface area (TPSA) is 113 Å². The first kappa shape index (κ1) is 13.9. The number of anilines is 2. The van der Waals surface area contributed by atoms with E-state index in [1.165, 1.54) is 17.0 Å². The van der Waals surface area contributed by atoms with Gasteiger partial charge in [-0.05, 0) is 26.0 Å². The second kappa shape index (κ2) is 4.52. The molecule has 20 heavy (non-hydrogen) atoms. The Morgan fingerprint density at radius 1 is 1.40 bits per heavy atom. The Balaban J connectivity index is 2.55. The van der Waals surface area contributed by atoms with Gasteiger partial charge in [0.25, 0.3) is 5.91 Å². The molecule has 0 aliphatic carbocycles. The quantitative estimate of drug-likeness (QED) is 0.526. The summed E-state index contributed by atoms with van der Waals surface area (Å²) < 4.78 is 0. The third-order valence-corrected chi connectivity index (χ3v) is 3.39. The first-order chi connectivity index (χ1) is 9.25. The number of nitrogens with zero attached hydrogens (tertiary/aromatic N) is 1. The standard InChI is InChI=1S/C13H15N3O4/c1-13(2)12(20)15-9(17)6-16(13)8-5-3-4-7(10(8)14)11(18)19/h3-5H,6,14H2,1-2H3,(H,18,19)(H,15,17,20). The van der Waals surface area contributed by atoms with Crippen molar-refractivity contribution in [3.8, 4) is 0 Å². The molecule has 7 heteroatoms. The van der Waals surface area contributed by atoms with Gasteiger partial charge in [0.2, 0.25) is 5.91 Å². The number of nitrogen functional groups attached to an aromatic ring is 1. The number of imide groups is 1. The average molecular weight is 277 g/mol. The molecular formula is C13H15N3O4. The number of amides is 2. The number of rotatable bonds is 2. The molecule has 1 fully saturated rings. The summed E-state index contributed by atoms with van der Waals surface area (Å²) >= 11 is 0. The third kappa shape index (κ3) is 2.07. The summed E-state index contributed by atoms with van der Waals surface area (Å²) in [4.78, 5) is 36.1. The molecule has 0 aromatic heterocycles. The first-order valence-corrected chi connectivity index (χ1v) is 5.99. The van der Waals surface area contributed by atoms with Crippen molar-refractivity contribution in [2.24, 2.45) is 0 Å². The molecule has 7 nitrogen and oxygen atoms in total. The minimum atomic E-state index is -1.16. The van der Waals surface area contributed by atoms with Crippen molar-refractivity contribution in [2.45, 2.75) is 19.4 Å². The number of carbonyl (C=O) groups excluding carboxylic acids is 2. The number of nitrogens with one attached hydrogen (secondary N) is 1. The Morgan fingerprint density at radius 3 is 2.65 bits per heavy atom. The Morgan fingerprint density at radius 2 is 2.05 bits per heavy atom. The van der Waals surface area contributed by atoms with Gasteiger partial charge < -0.3 is 15.7 Å². The maximum absolute atomic E-state index is 11.9. The Kier molecular flexibility index (Phi) is 3.13. The van der Waals surface area contributed by atoms with E-state index < -0.39 is 23.3 Å². The molecule has 0 radical (unpaired) electrons. The fourth-order valence-corrected chi connectivity index (χ4v) is 2.14. The molecule has 4 N–H and O–H groups in total. The number of hydrogen-bond donors (Lipinski definition) is 3. The van der Waals surface area contributed by atoms with Crippen LogP contribution in [0.2, 0.25) is 0 Å². The molecule has 0 spiro atoms. The zero-order valence-electron chi connectivity index (χ0n) is 11.1. The van der Waals surface area contributed by atoms with Crippen molar-refractivity contribution in [1.82, 2.24) is 5.32 Å². The van der Waals surface area contributed by atoms with Crippen LogP contribution in [-0.4, -0.2) is 35.0 Å². The van der Waals surface area contributed by atoms with E-state index >= 15 is 0 Å². The summed E-state index contributed by atoms with van der Waals surface area (Å²) in [6, 6.07) is 4.50. The normalized spacial score (nSPS) is 17.8. The van der Waals surface area contributed by atoms with Crippen LogP contribution in [0.4, 0.5) is 11.4 Å². The lowest BCUT2D eigenvalue weighted by atomic mass is 9.96. The zero-order valence-corrected chi connectivity index (χ0v) is 11.1. The van der Waals surface area contributed by atoms with Crippen molar-refractivity contribution in [3.05, 3.63) is 23.8 Å². The second-order valence-corrected chi connectivity index (χ2v) is 5.07. The summed E-state index contributed by atoms with van der Waals surface area (Å²) in [7, 11) is 0. The SMILES string of the molecule is CC1(C)C(=O)NC(=O)CN1c1cccc(C(=O)O)c1N. The maximum atomic E-state index is 11.9. The molecular weight excluding hydrogens is 262 g/mol. The molecule has 2 rings (SSSR count). The summed E-state index contributed by atoms with van der Waals surface area (Å²) in [5, 5.41) is 11.3. The maximum Gasteiger partial charge on any atom is 0.337 e. The molecule has 0 bridgehead atoms. The number of aromatic carboxylic acids is 1. The highest BCUT2D eigenvalue weighted by atomic mass is 16.4. The van der Waals surface area contributed by atoms with Crippen molar-refractivity contribution in [3.63, 3.8) is 0 Å². The van der Waals surface area contributed by atoms with Crippen LogP contribution in [0.3, 0.4) is 0 Å². The van der Waals surface area contributed by atoms with Crippen LogP contribution in [0.15, 0.2) is 18.2 Å². The predicted molar refractivity (Wildman–Crippen MR) is 72.4 cm³/mol. The number of carboxylic acid groups (broad SMARTS) is 1. The Bertz CT molecular complexity index is 610. The van der Waals surface area contributed by atoms with Crippen LogP contribution in [0.1, 0.15) is 24.2 Å². The van der Waals surface area contributed by atoms with Gasteiger partial charge in [0, 0.05) is 0 Å². The summed E-state index contributed by atoms with van der Waals surface area (Å²) in [6.07, 6.45) is 0. The van der Waals surface area contributed by atoms with Gasteiger partial charge in [0.05, 0.1) is 23.5 Å². The smallest absolute Gasteiger partial charge is 0.337 e. The van der Waals surface area contributed by atoms with Gasteiger partial charge in [-0.3, -0.25) is 14.9 Å². The molecule has 0 atom stereocenters. The van der Waals surface area contributed by atoms with Crippen LogP contribution in [0.25, 0.3) is 0 Å². The lowest BCUT2D eigenvalue weighted by Crippen LogP contribution is -2.64. The Labute approximate surface area is 115 Å². The minimum absolute atomic E-state index is 0.0376. The monoisotopic (exact) mass is 277 g/mol. The van der Waals surface area contributed by atoms with E-state index in [9.17, 15) is 14.4 Å². The van der Waals surface area contributed by atoms with Gasteiger partial charge >= 0.3 is 5.97 Å². The molecule has 1 aromatic carbocycles. The molecule has 0 unspecified atom stereocenters. The van der Waals surface area contributed by atoms with Gasteiger partial charge in [-0.2, -0.15) is 0 Å². The molecule has 1 aliphatic heterocycles. The van der Waals surface area contributed by atoms with Gasteiger partial charge in [0.15, 0.2) is 0 Å². The molecule has 1 aliphatic rings. The highest BCUT2D eigenvalue weighted by molar-refractivity contribution is 6.08. The van der Waals surface area contributed by atoms with Crippen molar-refractivity contribution >= 4 is 29.2 Å². The fourth-order valence-electron chi connectivity index (χ4n) is 2.14. The van der Waals surface area contributed by atoms with Crippen LogP contribution >= 0.6 is 0 Å². The van der Waals surface area contributed by atoms with Gasteiger partial charge in [-0.15, -0.1) is 0 Å². The number of carboxylic acids is 1. The molecule has 1 aromatic rings. The second-order valence-electron chi connectivity index (χ2n) is 5.07. The largest absolute Gasteiger partial charge is 0.478 e. The summed E-state index contributed by atoms with van der Waals surface area (Å²) in [5.74, 6) is -2.06. The van der Waals surface area contributed by atoms with E-state index in [4.69, 9.17) is 10.8 Å². The number of benzene rings is 1. The predicted octanol–water partition coefficient (Wildman–Crippen LogP) is 0.208. The van der Waals surface area contributed by atoms with Crippen molar-refractivity contribution in [1.29, 1.82) is 0 Å². The molecule has 106 valence electrons. The highest BCUT2D eigenvalue weighted by Crippen LogP contribution is 2.33. The van der Waals surface area contributed by atoms with E-state index in [-0.39, 0.29) is 17.8 Å². The lowest BCUT2D eigenvalue weighted by Gasteiger charge is -2.42. The number of hydrogen-bond acceptors (Lipinski definition) is 5. The van der Waals surface area contributed by atoms with Crippen molar-refractivity contribution in [2.75, 3.05) is 17.2 Å². The van der Waals surface area contributed by atoms with Gasteiger partial charge in [0.1, 0.15) is 5.54 Å². The number of para-hydroxylation sites is 1. The van der Waals surface area contributed by atoms with E-state index in [1.54, 1.807) is 19.9 Å². The molecule has 1 saturated heterocycles. The zero-order chi connectivity index (χ0) is 15.1. The third-order valence-electron chi connectivity index (χ3n) is 3.39. The number of nitrogens with two attached hydrogens (primary N) is 1. The van der Waals surface area contributed by atoms with E-state index in [2.05, 4.69) is 5.32 Å². The lowest BCUT2D eigenvalue weighted by molar-refractivity contribution is -0.135. The molecule has 1 heterocycles. The van der Waals surface area contributed by atoms with Crippen LogP contribution in [-0.2, 0) is 9.59 Å².